The molecular weight excluding hydrogens is 420 g/mol. The summed E-state index contributed by atoms with van der Waals surface area (Å²) in [5.74, 6) is -1.54. The number of anilines is 1. The van der Waals surface area contributed by atoms with Crippen LogP contribution in [0.4, 0.5) is 5.69 Å². The third-order valence-corrected chi connectivity index (χ3v) is 4.66. The highest BCUT2D eigenvalue weighted by Gasteiger charge is 2.34. The van der Waals surface area contributed by atoms with Crippen molar-refractivity contribution in [3.8, 4) is 11.5 Å². The summed E-state index contributed by atoms with van der Waals surface area (Å²) in [7, 11) is 0. The largest absolute Gasteiger partial charge is 0.494 e. The number of nitrogens with one attached hydrogen (secondary N) is 1. The van der Waals surface area contributed by atoms with Gasteiger partial charge in [0.25, 0.3) is 11.8 Å². The quantitative estimate of drug-likeness (QED) is 0.387. The van der Waals surface area contributed by atoms with Gasteiger partial charge in [0.05, 0.1) is 12.3 Å². The molecule has 1 heterocycles. The van der Waals surface area contributed by atoms with E-state index in [0.717, 1.165) is 0 Å². The number of nitrogens with zero attached hydrogens (tertiary/aromatic N) is 1. The molecule has 31 heavy (non-hydrogen) atoms. The number of para-hydroxylation sites is 1. The second-order valence-electron chi connectivity index (χ2n) is 6.52. The van der Waals surface area contributed by atoms with Crippen LogP contribution in [0.5, 0.6) is 11.5 Å². The predicted molar refractivity (Wildman–Crippen MR) is 118 cm³/mol. The average Bonchev–Trinajstić information content (AvgIpc) is 2.73. The molecule has 8 nitrogen and oxygen atoms in total. The fourth-order valence-electron chi connectivity index (χ4n) is 2.85. The number of ether oxygens (including phenoxy) is 2. The maximum absolute atomic E-state index is 13.1. The molecule has 0 spiro atoms. The number of benzene rings is 2. The summed E-state index contributed by atoms with van der Waals surface area (Å²) < 4.78 is 10.9. The molecule has 2 aromatic rings. The minimum atomic E-state index is -1.14. The number of hydrogen-bond donors (Lipinski definition) is 2. The van der Waals surface area contributed by atoms with Crippen molar-refractivity contribution >= 4 is 46.9 Å². The van der Waals surface area contributed by atoms with Crippen LogP contribution >= 0.6 is 12.2 Å². The number of rotatable bonds is 7. The molecule has 160 valence electrons. The SMILES string of the molecule is CCOc1ccc(N2C(=O)/C(=C/c3ccccc3O[C@H](C)C(=O)O)C(=O)NC2=S)cc1. The van der Waals surface area contributed by atoms with Crippen molar-refractivity contribution in [2.45, 2.75) is 20.0 Å². The lowest BCUT2D eigenvalue weighted by molar-refractivity contribution is -0.144. The Labute approximate surface area is 184 Å². The molecular formula is C22H20N2O6S. The van der Waals surface area contributed by atoms with Gasteiger partial charge in [-0.2, -0.15) is 0 Å². The van der Waals surface area contributed by atoms with E-state index in [0.29, 0.717) is 23.6 Å². The van der Waals surface area contributed by atoms with Crippen LogP contribution in [-0.4, -0.2) is 40.7 Å². The molecule has 1 aliphatic heterocycles. The molecule has 1 fully saturated rings. The van der Waals surface area contributed by atoms with Crippen molar-refractivity contribution in [3.63, 3.8) is 0 Å². The fraction of sp³-hybridized carbons (Fsp3) is 0.182. The minimum Gasteiger partial charge on any atom is -0.494 e. The van der Waals surface area contributed by atoms with Gasteiger partial charge < -0.3 is 14.6 Å². The number of thiocarbonyl (C=S) groups is 1. The van der Waals surface area contributed by atoms with Crippen LogP contribution in [-0.2, 0) is 14.4 Å². The summed E-state index contributed by atoms with van der Waals surface area (Å²) in [5.41, 5.74) is 0.684. The van der Waals surface area contributed by atoms with Crippen LogP contribution in [0.1, 0.15) is 19.4 Å². The van der Waals surface area contributed by atoms with Crippen LogP contribution in [0.25, 0.3) is 6.08 Å². The van der Waals surface area contributed by atoms with Crippen LogP contribution < -0.4 is 19.7 Å². The summed E-state index contributed by atoms with van der Waals surface area (Å²) in [6, 6.07) is 13.3. The van der Waals surface area contributed by atoms with Gasteiger partial charge in [-0.1, -0.05) is 18.2 Å². The van der Waals surface area contributed by atoms with Crippen molar-refractivity contribution in [2.24, 2.45) is 0 Å². The summed E-state index contributed by atoms with van der Waals surface area (Å²) in [6.45, 7) is 3.75. The molecule has 2 N–H and O–H groups in total. The van der Waals surface area contributed by atoms with Crippen molar-refractivity contribution in [3.05, 3.63) is 59.7 Å². The number of carboxylic acids is 1. The summed E-state index contributed by atoms with van der Waals surface area (Å²) in [6.07, 6.45) is 0.244. The molecule has 3 rings (SSSR count). The molecule has 0 aliphatic carbocycles. The van der Waals surface area contributed by atoms with Gasteiger partial charge in [-0.15, -0.1) is 0 Å². The van der Waals surface area contributed by atoms with Crippen molar-refractivity contribution < 1.29 is 29.0 Å². The van der Waals surface area contributed by atoms with Crippen LogP contribution in [0.2, 0.25) is 0 Å². The van der Waals surface area contributed by atoms with Gasteiger partial charge >= 0.3 is 5.97 Å². The van der Waals surface area contributed by atoms with Crippen molar-refractivity contribution in [2.75, 3.05) is 11.5 Å². The molecule has 0 aromatic heterocycles. The van der Waals surface area contributed by atoms with Crippen molar-refractivity contribution in [1.29, 1.82) is 0 Å². The first-order valence-electron chi connectivity index (χ1n) is 9.44. The topological polar surface area (TPSA) is 105 Å². The number of carbonyl (C=O) groups excluding carboxylic acids is 2. The van der Waals surface area contributed by atoms with Gasteiger partial charge in [-0.3, -0.25) is 19.8 Å². The monoisotopic (exact) mass is 440 g/mol. The zero-order valence-electron chi connectivity index (χ0n) is 16.8. The Morgan fingerprint density at radius 2 is 1.87 bits per heavy atom. The highest BCUT2D eigenvalue weighted by Crippen LogP contribution is 2.27. The molecule has 2 aromatic carbocycles. The Hall–Kier alpha value is -3.72. The summed E-state index contributed by atoms with van der Waals surface area (Å²) in [5, 5.41) is 11.6. The van der Waals surface area contributed by atoms with Crippen molar-refractivity contribution in [1.82, 2.24) is 5.32 Å². The van der Waals surface area contributed by atoms with Crippen LogP contribution in [0.15, 0.2) is 54.1 Å². The molecule has 1 saturated heterocycles. The molecule has 2 amide bonds. The Bertz CT molecular complexity index is 1060. The Balaban J connectivity index is 1.95. The van der Waals surface area contributed by atoms with E-state index in [2.05, 4.69) is 5.32 Å². The predicted octanol–water partition coefficient (Wildman–Crippen LogP) is 2.77. The van der Waals surface area contributed by atoms with E-state index < -0.39 is 23.9 Å². The Morgan fingerprint density at radius 3 is 2.52 bits per heavy atom. The molecule has 9 heteroatoms. The third-order valence-electron chi connectivity index (χ3n) is 4.38. The third kappa shape index (κ3) is 4.89. The average molecular weight is 440 g/mol. The Morgan fingerprint density at radius 1 is 1.19 bits per heavy atom. The standard InChI is InChI=1S/C22H20N2O6S/c1-3-29-16-10-8-15(9-11-16)24-20(26)17(19(25)23-22(24)31)12-14-6-4-5-7-18(14)30-13(2)21(27)28/h4-13H,3H2,1-2H3,(H,27,28)(H,23,25,31)/b17-12+/t13-/m1/s1. The fourth-order valence-corrected chi connectivity index (χ4v) is 3.13. The van der Waals surface area contributed by atoms with E-state index in [-0.39, 0.29) is 16.4 Å². The van der Waals surface area contributed by atoms with E-state index >= 15 is 0 Å². The first-order valence-corrected chi connectivity index (χ1v) is 9.85. The second-order valence-corrected chi connectivity index (χ2v) is 6.91. The number of aliphatic carboxylic acids is 1. The van der Waals surface area contributed by atoms with Gasteiger partial charge in [-0.05, 0) is 62.5 Å². The summed E-state index contributed by atoms with van der Waals surface area (Å²) >= 11 is 5.20. The number of hydrogen-bond acceptors (Lipinski definition) is 6. The lowest BCUT2D eigenvalue weighted by atomic mass is 10.1. The van der Waals surface area contributed by atoms with Gasteiger partial charge in [-0.25, -0.2) is 4.79 Å². The molecule has 0 bridgehead atoms. The molecule has 1 atom stereocenters. The minimum absolute atomic E-state index is 0.0413. The lowest BCUT2D eigenvalue weighted by Crippen LogP contribution is -2.54. The first-order chi connectivity index (χ1) is 14.8. The van der Waals surface area contributed by atoms with Gasteiger partial charge in [0.2, 0.25) is 0 Å². The lowest BCUT2D eigenvalue weighted by Gasteiger charge is -2.29. The number of carbonyl (C=O) groups is 3. The molecule has 1 aliphatic rings. The van der Waals surface area contributed by atoms with Gasteiger partial charge in [0.15, 0.2) is 11.2 Å². The van der Waals surface area contributed by atoms with E-state index in [9.17, 15) is 14.4 Å². The van der Waals surface area contributed by atoms with E-state index in [4.69, 9.17) is 26.8 Å². The molecule has 0 unspecified atom stereocenters. The molecule has 0 radical (unpaired) electrons. The van der Waals surface area contributed by atoms with E-state index in [1.54, 1.807) is 48.5 Å². The number of carboxylic acid groups (broad SMARTS) is 1. The second kappa shape index (κ2) is 9.40. The van der Waals surface area contributed by atoms with Gasteiger partial charge in [0.1, 0.15) is 17.1 Å². The maximum atomic E-state index is 13.1. The molecule has 0 saturated carbocycles. The maximum Gasteiger partial charge on any atom is 0.344 e. The van der Waals surface area contributed by atoms with E-state index in [1.807, 2.05) is 6.92 Å². The normalized spacial score (nSPS) is 16.1. The smallest absolute Gasteiger partial charge is 0.344 e. The highest BCUT2D eigenvalue weighted by atomic mass is 32.1. The summed E-state index contributed by atoms with van der Waals surface area (Å²) in [4.78, 5) is 38.0. The number of amides is 2. The first kappa shape index (κ1) is 22.0. The van der Waals surface area contributed by atoms with Crippen LogP contribution in [0.3, 0.4) is 0 Å². The zero-order valence-corrected chi connectivity index (χ0v) is 17.6. The van der Waals surface area contributed by atoms with E-state index in [1.165, 1.54) is 17.9 Å². The van der Waals surface area contributed by atoms with Crippen LogP contribution in [0, 0.1) is 0 Å². The van der Waals surface area contributed by atoms with Gasteiger partial charge in [0, 0.05) is 5.56 Å². The highest BCUT2D eigenvalue weighted by molar-refractivity contribution is 7.80. The Kier molecular flexibility index (Phi) is 6.66. The zero-order chi connectivity index (χ0) is 22.5.